The van der Waals surface area contributed by atoms with Crippen molar-refractivity contribution in [1.29, 1.82) is 0 Å². The number of nitrogens with zero attached hydrogens (tertiary/aromatic N) is 3. The summed E-state index contributed by atoms with van der Waals surface area (Å²) in [6.07, 6.45) is 5.15. The number of hydrogen-bond donors (Lipinski definition) is 5. The van der Waals surface area contributed by atoms with Crippen LogP contribution in [0.4, 0.5) is 4.79 Å². The van der Waals surface area contributed by atoms with Gasteiger partial charge in [0.15, 0.2) is 5.82 Å². The Bertz CT molecular complexity index is 1290. The van der Waals surface area contributed by atoms with Gasteiger partial charge in [0.05, 0.1) is 19.0 Å². The highest BCUT2D eigenvalue weighted by Crippen LogP contribution is 2.10. The zero-order chi connectivity index (χ0) is 28.7. The summed E-state index contributed by atoms with van der Waals surface area (Å²) in [5, 5.41) is 15.2. The van der Waals surface area contributed by atoms with Gasteiger partial charge in [-0.05, 0) is 36.8 Å². The molecule has 3 aromatic rings. The summed E-state index contributed by atoms with van der Waals surface area (Å²) in [5.74, 6) is -2.14. The summed E-state index contributed by atoms with van der Waals surface area (Å²) in [6, 6.07) is 17.6. The van der Waals surface area contributed by atoms with Crippen LogP contribution in [-0.2, 0) is 28.9 Å². The highest BCUT2D eigenvalue weighted by Gasteiger charge is 2.23. The van der Waals surface area contributed by atoms with Crippen LogP contribution in [-0.4, -0.2) is 69.1 Å². The molecular formula is C28H33N7O5. The maximum atomic E-state index is 13.4. The number of hydrogen-bond acceptors (Lipinski definition) is 6. The fourth-order valence-corrected chi connectivity index (χ4v) is 3.98. The quantitative estimate of drug-likeness (QED) is 0.143. The van der Waals surface area contributed by atoms with Gasteiger partial charge >= 0.3 is 12.0 Å². The number of urea groups is 1. The molecule has 12 heteroatoms. The summed E-state index contributed by atoms with van der Waals surface area (Å²) in [6.45, 7) is -0.121. The van der Waals surface area contributed by atoms with E-state index in [0.717, 1.165) is 30.3 Å². The number of carboxylic acids is 1. The molecule has 1 heterocycles. The topological polar surface area (TPSA) is 183 Å². The Morgan fingerprint density at radius 2 is 1.65 bits per heavy atom. The molecule has 0 spiro atoms. The molecule has 3 rings (SSSR count). The fraction of sp³-hybridized carbons (Fsp3) is 0.286. The molecule has 0 saturated carbocycles. The lowest BCUT2D eigenvalue weighted by Gasteiger charge is -2.22. The van der Waals surface area contributed by atoms with Gasteiger partial charge in [-0.25, -0.2) is 15.2 Å². The lowest BCUT2D eigenvalue weighted by Crippen LogP contribution is -2.46. The standard InChI is InChI=1S/C28H33N7O5/c29-28(40)34-31-18-23(16-25(37)38)32-24(36)19-35(15-14-21-10-5-2-6-11-21)27(39)26-30-17-22(33-26)13-7-12-20-8-3-1-4-9-20/h1-6,8-11,17-18,23H,7,12-16,19H2,(H,30,33)(H,32,36)(H,37,38)(H3,29,34,40)/t23-/m0/s1. The molecular weight excluding hydrogens is 514 g/mol. The molecule has 0 radical (unpaired) electrons. The van der Waals surface area contributed by atoms with Gasteiger partial charge in [0.2, 0.25) is 5.91 Å². The third-order valence-electron chi connectivity index (χ3n) is 5.89. The van der Waals surface area contributed by atoms with Gasteiger partial charge < -0.3 is 26.0 Å². The number of H-pyrrole nitrogens is 1. The highest BCUT2D eigenvalue weighted by molar-refractivity contribution is 5.94. The second-order valence-corrected chi connectivity index (χ2v) is 9.08. The number of aromatic amines is 1. The zero-order valence-electron chi connectivity index (χ0n) is 22.0. The molecule has 1 atom stereocenters. The van der Waals surface area contributed by atoms with Crippen LogP contribution in [0.5, 0.6) is 0 Å². The number of aryl methyl sites for hydroxylation is 2. The van der Waals surface area contributed by atoms with Crippen molar-refractivity contribution in [3.8, 4) is 0 Å². The normalized spacial score (nSPS) is 11.6. The minimum atomic E-state index is -1.19. The number of aromatic nitrogens is 2. The number of nitrogens with two attached hydrogens (primary N) is 1. The van der Waals surface area contributed by atoms with Crippen molar-refractivity contribution in [2.75, 3.05) is 13.1 Å². The minimum Gasteiger partial charge on any atom is -0.481 e. The van der Waals surface area contributed by atoms with Crippen molar-refractivity contribution in [1.82, 2.24) is 25.6 Å². The number of primary amides is 1. The van der Waals surface area contributed by atoms with Crippen LogP contribution < -0.4 is 16.5 Å². The Kier molecular flexibility index (Phi) is 11.4. The lowest BCUT2D eigenvalue weighted by molar-refractivity contribution is -0.137. The molecule has 0 bridgehead atoms. The van der Waals surface area contributed by atoms with Crippen LogP contribution in [0.15, 0.2) is 72.0 Å². The van der Waals surface area contributed by atoms with E-state index in [1.807, 2.05) is 54.0 Å². The fourth-order valence-electron chi connectivity index (χ4n) is 3.98. The van der Waals surface area contributed by atoms with Gasteiger partial charge in [-0.15, -0.1) is 0 Å². The lowest BCUT2D eigenvalue weighted by atomic mass is 10.1. The number of carbonyl (C=O) groups is 4. The Morgan fingerprint density at radius 1 is 1.00 bits per heavy atom. The van der Waals surface area contributed by atoms with E-state index < -0.39 is 36.3 Å². The average molecular weight is 548 g/mol. The van der Waals surface area contributed by atoms with Gasteiger partial charge in [0.1, 0.15) is 0 Å². The molecule has 210 valence electrons. The smallest absolute Gasteiger partial charge is 0.332 e. The van der Waals surface area contributed by atoms with Crippen LogP contribution in [0.3, 0.4) is 0 Å². The number of benzene rings is 2. The number of imidazole rings is 1. The first-order valence-electron chi connectivity index (χ1n) is 12.8. The van der Waals surface area contributed by atoms with Crippen molar-refractivity contribution in [2.45, 2.75) is 38.1 Å². The number of rotatable bonds is 15. The summed E-state index contributed by atoms with van der Waals surface area (Å²) in [4.78, 5) is 57.0. The highest BCUT2D eigenvalue weighted by atomic mass is 16.4. The number of nitrogens with one attached hydrogen (secondary N) is 3. The van der Waals surface area contributed by atoms with Crippen LogP contribution >= 0.6 is 0 Å². The summed E-state index contributed by atoms with van der Waals surface area (Å²) in [7, 11) is 0. The van der Waals surface area contributed by atoms with Gasteiger partial charge in [-0.1, -0.05) is 60.7 Å². The SMILES string of the molecule is NC(=O)NN=C[C@H](CC(=O)O)NC(=O)CN(CCc1ccccc1)C(=O)c1ncc(CCCc2ccccc2)[nH]1. The Balaban J connectivity index is 1.66. The number of carbonyl (C=O) groups excluding carboxylic acids is 3. The second-order valence-electron chi connectivity index (χ2n) is 9.08. The minimum absolute atomic E-state index is 0.116. The first kappa shape index (κ1) is 29.6. The van der Waals surface area contributed by atoms with E-state index in [4.69, 9.17) is 10.8 Å². The average Bonchev–Trinajstić information content (AvgIpc) is 3.40. The Labute approximate surface area is 231 Å². The van der Waals surface area contributed by atoms with E-state index >= 15 is 0 Å². The number of aliphatic carboxylic acids is 1. The predicted octanol–water partition coefficient (Wildman–Crippen LogP) is 1.88. The van der Waals surface area contributed by atoms with Crippen LogP contribution in [0.25, 0.3) is 0 Å². The first-order valence-corrected chi connectivity index (χ1v) is 12.8. The van der Waals surface area contributed by atoms with Gasteiger partial charge in [0, 0.05) is 24.7 Å². The first-order chi connectivity index (χ1) is 19.3. The molecule has 4 amide bonds. The van der Waals surface area contributed by atoms with Crippen molar-refractivity contribution in [3.05, 3.63) is 89.5 Å². The van der Waals surface area contributed by atoms with E-state index in [0.29, 0.717) is 12.8 Å². The van der Waals surface area contributed by atoms with Crippen LogP contribution in [0, 0.1) is 0 Å². The molecule has 6 N–H and O–H groups in total. The molecule has 12 nitrogen and oxygen atoms in total. The van der Waals surface area contributed by atoms with E-state index in [2.05, 4.69) is 32.5 Å². The monoisotopic (exact) mass is 547 g/mol. The molecule has 2 aromatic carbocycles. The number of carboxylic acid groups (broad SMARTS) is 1. The summed E-state index contributed by atoms with van der Waals surface area (Å²) >= 11 is 0. The van der Waals surface area contributed by atoms with Gasteiger partial charge in [-0.2, -0.15) is 5.10 Å². The molecule has 0 aliphatic rings. The second kappa shape index (κ2) is 15.4. The molecule has 1 aromatic heterocycles. The number of hydrazone groups is 1. The number of amides is 4. The maximum Gasteiger partial charge on any atom is 0.332 e. The van der Waals surface area contributed by atoms with E-state index in [-0.39, 0.29) is 18.9 Å². The summed E-state index contributed by atoms with van der Waals surface area (Å²) < 4.78 is 0. The third-order valence-corrected chi connectivity index (χ3v) is 5.89. The molecule has 0 aliphatic carbocycles. The molecule has 40 heavy (non-hydrogen) atoms. The van der Waals surface area contributed by atoms with E-state index in [1.165, 1.54) is 10.5 Å². The van der Waals surface area contributed by atoms with E-state index in [9.17, 15) is 19.2 Å². The Morgan fingerprint density at radius 3 is 2.27 bits per heavy atom. The van der Waals surface area contributed by atoms with Crippen molar-refractivity contribution in [3.63, 3.8) is 0 Å². The van der Waals surface area contributed by atoms with Crippen molar-refractivity contribution < 1.29 is 24.3 Å². The largest absolute Gasteiger partial charge is 0.481 e. The van der Waals surface area contributed by atoms with E-state index in [1.54, 1.807) is 6.20 Å². The van der Waals surface area contributed by atoms with Crippen LogP contribution in [0.1, 0.15) is 40.3 Å². The molecule has 0 fully saturated rings. The molecule has 0 saturated heterocycles. The predicted molar refractivity (Wildman–Crippen MR) is 148 cm³/mol. The van der Waals surface area contributed by atoms with Gasteiger partial charge in [-0.3, -0.25) is 14.4 Å². The molecule has 0 unspecified atom stereocenters. The zero-order valence-corrected chi connectivity index (χ0v) is 22.0. The van der Waals surface area contributed by atoms with Crippen molar-refractivity contribution in [2.24, 2.45) is 10.8 Å². The van der Waals surface area contributed by atoms with Crippen molar-refractivity contribution >= 4 is 30.0 Å². The Hall–Kier alpha value is -5.00. The van der Waals surface area contributed by atoms with Gasteiger partial charge in [0.25, 0.3) is 5.91 Å². The van der Waals surface area contributed by atoms with Crippen LogP contribution in [0.2, 0.25) is 0 Å². The molecule has 0 aliphatic heterocycles. The summed E-state index contributed by atoms with van der Waals surface area (Å²) in [5.41, 5.74) is 9.93. The maximum absolute atomic E-state index is 13.4. The third kappa shape index (κ3) is 10.4.